The molecule has 3 aromatic heterocycles. The van der Waals surface area contributed by atoms with E-state index in [2.05, 4.69) is 37.9 Å². The Bertz CT molecular complexity index is 779. The lowest BCUT2D eigenvalue weighted by atomic mass is 10.1. The average molecular weight is 339 g/mol. The van der Waals surface area contributed by atoms with E-state index in [0.29, 0.717) is 30.1 Å². The van der Waals surface area contributed by atoms with E-state index in [1.165, 1.54) is 5.56 Å². The number of hydrogen-bond acceptors (Lipinski definition) is 7. The van der Waals surface area contributed by atoms with Crippen LogP contribution in [-0.4, -0.2) is 51.1 Å². The Labute approximate surface area is 146 Å². The molecule has 0 radical (unpaired) electrons. The van der Waals surface area contributed by atoms with Gasteiger partial charge in [-0.1, -0.05) is 11.2 Å². The van der Waals surface area contributed by atoms with E-state index in [-0.39, 0.29) is 0 Å². The molecule has 0 amide bonds. The normalized spacial score (nSPS) is 17.6. The molecule has 1 aliphatic rings. The second-order valence-corrected chi connectivity index (χ2v) is 6.26. The van der Waals surface area contributed by atoms with Crippen molar-refractivity contribution in [1.82, 2.24) is 24.9 Å². The van der Waals surface area contributed by atoms with Gasteiger partial charge >= 0.3 is 0 Å². The highest BCUT2D eigenvalue weighted by molar-refractivity contribution is 5.44. The Balaban J connectivity index is 1.32. The van der Waals surface area contributed by atoms with Gasteiger partial charge in [0.2, 0.25) is 11.7 Å². The third kappa shape index (κ3) is 3.62. The smallest absolute Gasteiger partial charge is 0.241 e. The summed E-state index contributed by atoms with van der Waals surface area (Å²) in [5, 5.41) is 3.98. The van der Waals surface area contributed by atoms with Gasteiger partial charge in [0.05, 0.1) is 12.8 Å². The number of hydrogen-bond donors (Lipinski definition) is 0. The van der Waals surface area contributed by atoms with Gasteiger partial charge in [0, 0.05) is 44.6 Å². The lowest BCUT2D eigenvalue weighted by Gasteiger charge is -2.37. The Morgan fingerprint density at radius 2 is 2.04 bits per heavy atom. The molecule has 0 spiro atoms. The number of piperazine rings is 1. The molecular weight excluding hydrogens is 318 g/mol. The monoisotopic (exact) mass is 339 g/mol. The maximum atomic E-state index is 5.35. The zero-order chi connectivity index (χ0) is 17.1. The first kappa shape index (κ1) is 16.0. The zero-order valence-electron chi connectivity index (χ0n) is 14.2. The molecule has 1 saturated heterocycles. The predicted octanol–water partition coefficient (Wildman–Crippen LogP) is 2.60. The Kier molecular flexibility index (Phi) is 4.58. The zero-order valence-corrected chi connectivity index (χ0v) is 14.2. The molecule has 1 aliphatic heterocycles. The van der Waals surface area contributed by atoms with Crippen LogP contribution < -0.4 is 0 Å². The number of nitrogens with zero attached hydrogens (tertiary/aromatic N) is 5. The molecule has 1 atom stereocenters. The molecule has 4 rings (SSSR count). The van der Waals surface area contributed by atoms with Crippen LogP contribution >= 0.6 is 0 Å². The van der Waals surface area contributed by atoms with Crippen molar-refractivity contribution in [2.75, 3.05) is 26.2 Å². The standard InChI is InChI=1S/C18H21N5O2/c1-14(15-4-2-6-19-12-15)23-9-7-22(8-10-23)13-17-20-18(21-25-17)16-5-3-11-24-16/h2-6,11-12,14H,7-10,13H2,1H3/t14-/m1/s1. The Hall–Kier alpha value is -2.51. The number of furan rings is 1. The van der Waals surface area contributed by atoms with Crippen LogP contribution in [0.2, 0.25) is 0 Å². The van der Waals surface area contributed by atoms with Gasteiger partial charge in [-0.3, -0.25) is 14.8 Å². The average Bonchev–Trinajstić information content (AvgIpc) is 3.34. The van der Waals surface area contributed by atoms with E-state index in [4.69, 9.17) is 8.94 Å². The predicted molar refractivity (Wildman–Crippen MR) is 91.5 cm³/mol. The van der Waals surface area contributed by atoms with Crippen LogP contribution in [0.1, 0.15) is 24.4 Å². The molecule has 7 nitrogen and oxygen atoms in total. The second-order valence-electron chi connectivity index (χ2n) is 6.26. The summed E-state index contributed by atoms with van der Waals surface area (Å²) < 4.78 is 10.6. The molecule has 1 fully saturated rings. The topological polar surface area (TPSA) is 71.4 Å². The summed E-state index contributed by atoms with van der Waals surface area (Å²) in [7, 11) is 0. The third-order valence-electron chi connectivity index (χ3n) is 4.69. The van der Waals surface area contributed by atoms with Gasteiger partial charge in [-0.2, -0.15) is 4.98 Å². The van der Waals surface area contributed by atoms with Crippen LogP contribution in [0, 0.1) is 0 Å². The maximum absolute atomic E-state index is 5.35. The highest BCUT2D eigenvalue weighted by Crippen LogP contribution is 2.21. The largest absolute Gasteiger partial charge is 0.461 e. The van der Waals surface area contributed by atoms with Crippen LogP contribution in [0.25, 0.3) is 11.6 Å². The molecule has 0 N–H and O–H groups in total. The summed E-state index contributed by atoms with van der Waals surface area (Å²) in [5.74, 6) is 1.76. The molecule has 0 aliphatic carbocycles. The molecular formula is C18H21N5O2. The lowest BCUT2D eigenvalue weighted by Crippen LogP contribution is -2.46. The first-order valence-electron chi connectivity index (χ1n) is 8.52. The van der Waals surface area contributed by atoms with Crippen molar-refractivity contribution >= 4 is 0 Å². The fraction of sp³-hybridized carbons (Fsp3) is 0.389. The van der Waals surface area contributed by atoms with E-state index < -0.39 is 0 Å². The van der Waals surface area contributed by atoms with Crippen molar-refractivity contribution < 1.29 is 8.94 Å². The van der Waals surface area contributed by atoms with Crippen molar-refractivity contribution in [1.29, 1.82) is 0 Å². The van der Waals surface area contributed by atoms with Crippen molar-refractivity contribution in [3.8, 4) is 11.6 Å². The molecule has 0 unspecified atom stereocenters. The minimum absolute atomic E-state index is 0.379. The first-order valence-corrected chi connectivity index (χ1v) is 8.52. The molecule has 0 saturated carbocycles. The van der Waals surface area contributed by atoms with E-state index in [0.717, 1.165) is 26.2 Å². The van der Waals surface area contributed by atoms with E-state index in [1.54, 1.807) is 6.26 Å². The van der Waals surface area contributed by atoms with Crippen molar-refractivity contribution in [3.05, 3.63) is 54.4 Å². The Morgan fingerprint density at radius 1 is 1.16 bits per heavy atom. The van der Waals surface area contributed by atoms with E-state index in [1.807, 2.05) is 30.6 Å². The van der Waals surface area contributed by atoms with Crippen molar-refractivity contribution in [3.63, 3.8) is 0 Å². The fourth-order valence-corrected chi connectivity index (χ4v) is 3.16. The van der Waals surface area contributed by atoms with Gasteiger partial charge in [-0.25, -0.2) is 0 Å². The SMILES string of the molecule is C[C@H](c1cccnc1)N1CCN(Cc2nc(-c3ccco3)no2)CC1. The molecule has 25 heavy (non-hydrogen) atoms. The molecule has 3 aromatic rings. The van der Waals surface area contributed by atoms with Crippen LogP contribution in [-0.2, 0) is 6.54 Å². The third-order valence-corrected chi connectivity index (χ3v) is 4.69. The first-order chi connectivity index (χ1) is 12.3. The fourth-order valence-electron chi connectivity index (χ4n) is 3.16. The van der Waals surface area contributed by atoms with Crippen molar-refractivity contribution in [2.24, 2.45) is 0 Å². The number of rotatable bonds is 5. The molecule has 0 aromatic carbocycles. The van der Waals surface area contributed by atoms with Gasteiger partial charge in [0.15, 0.2) is 5.76 Å². The summed E-state index contributed by atoms with van der Waals surface area (Å²) in [5.41, 5.74) is 1.26. The van der Waals surface area contributed by atoms with Crippen molar-refractivity contribution in [2.45, 2.75) is 19.5 Å². The summed E-state index contributed by atoms with van der Waals surface area (Å²) in [6.45, 7) is 6.87. The highest BCUT2D eigenvalue weighted by Gasteiger charge is 2.23. The minimum Gasteiger partial charge on any atom is -0.461 e. The number of pyridine rings is 1. The van der Waals surface area contributed by atoms with Gasteiger partial charge < -0.3 is 8.94 Å². The minimum atomic E-state index is 0.379. The lowest BCUT2D eigenvalue weighted by molar-refractivity contribution is 0.0904. The van der Waals surface area contributed by atoms with Crippen LogP contribution in [0.4, 0.5) is 0 Å². The quantitative estimate of drug-likeness (QED) is 0.707. The second kappa shape index (κ2) is 7.16. The van der Waals surface area contributed by atoms with Gasteiger partial charge in [0.25, 0.3) is 0 Å². The number of aromatic nitrogens is 3. The maximum Gasteiger partial charge on any atom is 0.241 e. The van der Waals surface area contributed by atoms with Crippen LogP contribution in [0.15, 0.2) is 51.9 Å². The van der Waals surface area contributed by atoms with Gasteiger partial charge in [-0.15, -0.1) is 0 Å². The van der Waals surface area contributed by atoms with E-state index in [9.17, 15) is 0 Å². The molecule has 7 heteroatoms. The molecule has 130 valence electrons. The summed E-state index contributed by atoms with van der Waals surface area (Å²) in [6, 6.07) is 8.15. The molecule has 0 bridgehead atoms. The Morgan fingerprint density at radius 3 is 2.76 bits per heavy atom. The highest BCUT2D eigenvalue weighted by atomic mass is 16.5. The van der Waals surface area contributed by atoms with E-state index >= 15 is 0 Å². The summed E-state index contributed by atoms with van der Waals surface area (Å²) >= 11 is 0. The van der Waals surface area contributed by atoms with Crippen LogP contribution in [0.5, 0.6) is 0 Å². The van der Waals surface area contributed by atoms with Crippen LogP contribution in [0.3, 0.4) is 0 Å². The summed E-state index contributed by atoms with van der Waals surface area (Å²) in [6.07, 6.45) is 5.37. The van der Waals surface area contributed by atoms with Gasteiger partial charge in [0.1, 0.15) is 0 Å². The molecule has 4 heterocycles. The summed E-state index contributed by atoms with van der Waals surface area (Å²) in [4.78, 5) is 13.5. The van der Waals surface area contributed by atoms with Gasteiger partial charge in [-0.05, 0) is 30.7 Å².